The van der Waals surface area contributed by atoms with Crippen LogP contribution in [0.2, 0.25) is 0 Å². The molecule has 1 unspecified atom stereocenters. The van der Waals surface area contributed by atoms with Crippen LogP contribution in [0.4, 0.5) is 10.5 Å². The highest BCUT2D eigenvalue weighted by Gasteiger charge is 2.30. The fourth-order valence-corrected chi connectivity index (χ4v) is 2.46. The van der Waals surface area contributed by atoms with E-state index in [0.29, 0.717) is 12.8 Å². The lowest BCUT2D eigenvalue weighted by atomic mass is 10.1. The van der Waals surface area contributed by atoms with Crippen LogP contribution in [-0.4, -0.2) is 45.3 Å². The molecule has 2 rings (SSSR count). The van der Waals surface area contributed by atoms with Crippen molar-refractivity contribution in [2.75, 3.05) is 13.2 Å². The van der Waals surface area contributed by atoms with E-state index >= 15 is 0 Å². The van der Waals surface area contributed by atoms with Crippen molar-refractivity contribution in [1.29, 1.82) is 0 Å². The molecule has 1 aromatic carbocycles. The number of benzene rings is 1. The first-order valence-corrected chi connectivity index (χ1v) is 5.89. The molecule has 0 aliphatic heterocycles. The van der Waals surface area contributed by atoms with E-state index in [9.17, 15) is 14.9 Å². The summed E-state index contributed by atoms with van der Waals surface area (Å²) in [5.74, 6) is 0. The standard InChI is InChI=1S/C12H14N2O5/c15-4-3-13(12(16)17)11-5-8-1-2-10(14(18)19)6-9(8)7-11/h1-2,6,11,15H,3-5,7H2,(H,16,17). The summed E-state index contributed by atoms with van der Waals surface area (Å²) in [5.41, 5.74) is 1.76. The summed E-state index contributed by atoms with van der Waals surface area (Å²) in [6.45, 7) is -0.185. The molecule has 1 amide bonds. The molecular weight excluding hydrogens is 252 g/mol. The Labute approximate surface area is 109 Å². The number of nitro groups is 1. The number of hydrogen-bond donors (Lipinski definition) is 2. The zero-order valence-electron chi connectivity index (χ0n) is 10.2. The normalized spacial score (nSPS) is 17.0. The molecule has 7 heteroatoms. The molecule has 1 aromatic rings. The minimum atomic E-state index is -1.08. The van der Waals surface area contributed by atoms with Crippen LogP contribution in [0.5, 0.6) is 0 Å². The van der Waals surface area contributed by atoms with Crippen molar-refractivity contribution in [3.8, 4) is 0 Å². The van der Waals surface area contributed by atoms with E-state index in [1.807, 2.05) is 0 Å². The third kappa shape index (κ3) is 2.65. The van der Waals surface area contributed by atoms with Crippen LogP contribution in [0, 0.1) is 10.1 Å². The predicted molar refractivity (Wildman–Crippen MR) is 66.1 cm³/mol. The van der Waals surface area contributed by atoms with Gasteiger partial charge in [-0.1, -0.05) is 6.07 Å². The lowest BCUT2D eigenvalue weighted by Gasteiger charge is -2.24. The van der Waals surface area contributed by atoms with Gasteiger partial charge in [-0.3, -0.25) is 10.1 Å². The molecule has 0 fully saturated rings. The largest absolute Gasteiger partial charge is 0.465 e. The molecule has 0 radical (unpaired) electrons. The summed E-state index contributed by atoms with van der Waals surface area (Å²) < 4.78 is 0. The zero-order chi connectivity index (χ0) is 14.0. The molecule has 0 saturated heterocycles. The van der Waals surface area contributed by atoms with E-state index in [0.717, 1.165) is 11.1 Å². The SMILES string of the molecule is O=C(O)N(CCO)C1Cc2ccc([N+](=O)[O-])cc2C1. The van der Waals surface area contributed by atoms with Crippen LogP contribution < -0.4 is 0 Å². The van der Waals surface area contributed by atoms with Crippen molar-refractivity contribution in [2.45, 2.75) is 18.9 Å². The lowest BCUT2D eigenvalue weighted by molar-refractivity contribution is -0.384. The highest BCUT2D eigenvalue weighted by molar-refractivity contribution is 5.66. The Morgan fingerprint density at radius 3 is 2.68 bits per heavy atom. The zero-order valence-corrected chi connectivity index (χ0v) is 10.2. The second-order valence-corrected chi connectivity index (χ2v) is 4.47. The quantitative estimate of drug-likeness (QED) is 0.625. The average Bonchev–Trinajstić information content (AvgIpc) is 2.77. The Bertz CT molecular complexity index is 517. The van der Waals surface area contributed by atoms with Gasteiger partial charge in [0.2, 0.25) is 0 Å². The number of carbonyl (C=O) groups is 1. The molecule has 0 spiro atoms. The maximum Gasteiger partial charge on any atom is 0.407 e. The van der Waals surface area contributed by atoms with E-state index in [1.165, 1.54) is 17.0 Å². The fraction of sp³-hybridized carbons (Fsp3) is 0.417. The van der Waals surface area contributed by atoms with Crippen molar-refractivity contribution in [1.82, 2.24) is 4.90 Å². The Hall–Kier alpha value is -2.15. The summed E-state index contributed by atoms with van der Waals surface area (Å²) >= 11 is 0. The number of nitrogens with zero attached hydrogens (tertiary/aromatic N) is 2. The Kier molecular flexibility index (Phi) is 3.66. The molecule has 102 valence electrons. The van der Waals surface area contributed by atoms with Crippen LogP contribution in [0.3, 0.4) is 0 Å². The molecule has 1 aliphatic rings. The number of aliphatic hydroxyl groups is 1. The number of hydrogen-bond acceptors (Lipinski definition) is 4. The molecule has 1 aliphatic carbocycles. The highest BCUT2D eigenvalue weighted by atomic mass is 16.6. The molecule has 2 N–H and O–H groups in total. The second kappa shape index (κ2) is 5.23. The number of rotatable bonds is 4. The monoisotopic (exact) mass is 266 g/mol. The van der Waals surface area contributed by atoms with Crippen LogP contribution >= 0.6 is 0 Å². The molecule has 0 saturated carbocycles. The van der Waals surface area contributed by atoms with E-state index in [-0.39, 0.29) is 24.9 Å². The molecule has 19 heavy (non-hydrogen) atoms. The van der Waals surface area contributed by atoms with E-state index < -0.39 is 11.0 Å². The van der Waals surface area contributed by atoms with Gasteiger partial charge in [0.1, 0.15) is 0 Å². The van der Waals surface area contributed by atoms with Gasteiger partial charge in [-0.05, 0) is 24.0 Å². The Morgan fingerprint density at radius 1 is 1.42 bits per heavy atom. The van der Waals surface area contributed by atoms with Gasteiger partial charge in [0.05, 0.1) is 11.5 Å². The molecule has 0 heterocycles. The number of carboxylic acid groups (broad SMARTS) is 1. The van der Waals surface area contributed by atoms with Gasteiger partial charge >= 0.3 is 6.09 Å². The van der Waals surface area contributed by atoms with Crippen molar-refractivity contribution in [3.63, 3.8) is 0 Å². The molecule has 7 nitrogen and oxygen atoms in total. The smallest absolute Gasteiger partial charge is 0.407 e. The van der Waals surface area contributed by atoms with Gasteiger partial charge in [-0.15, -0.1) is 0 Å². The summed E-state index contributed by atoms with van der Waals surface area (Å²) in [6, 6.07) is 4.33. The third-order valence-corrected chi connectivity index (χ3v) is 3.34. The van der Waals surface area contributed by atoms with Crippen LogP contribution in [0.15, 0.2) is 18.2 Å². The highest BCUT2D eigenvalue weighted by Crippen LogP contribution is 2.28. The van der Waals surface area contributed by atoms with Crippen molar-refractivity contribution in [3.05, 3.63) is 39.4 Å². The number of nitro benzene ring substituents is 1. The lowest BCUT2D eigenvalue weighted by Crippen LogP contribution is -2.41. The number of fused-ring (bicyclic) bond motifs is 1. The van der Waals surface area contributed by atoms with E-state index in [4.69, 9.17) is 10.2 Å². The van der Waals surface area contributed by atoms with Gasteiger partial charge in [-0.2, -0.15) is 0 Å². The minimum Gasteiger partial charge on any atom is -0.465 e. The summed E-state index contributed by atoms with van der Waals surface area (Å²) in [5, 5.41) is 28.7. The first kappa shape index (κ1) is 13.3. The van der Waals surface area contributed by atoms with E-state index in [2.05, 4.69) is 0 Å². The van der Waals surface area contributed by atoms with Crippen LogP contribution in [0.1, 0.15) is 11.1 Å². The second-order valence-electron chi connectivity index (χ2n) is 4.47. The van der Waals surface area contributed by atoms with E-state index in [1.54, 1.807) is 6.07 Å². The Balaban J connectivity index is 2.19. The van der Waals surface area contributed by atoms with Crippen molar-refractivity contribution >= 4 is 11.8 Å². The van der Waals surface area contributed by atoms with Gasteiger partial charge in [-0.25, -0.2) is 4.79 Å². The third-order valence-electron chi connectivity index (χ3n) is 3.34. The number of amides is 1. The predicted octanol–water partition coefficient (Wildman–Crippen LogP) is 1.03. The van der Waals surface area contributed by atoms with Crippen molar-refractivity contribution < 1.29 is 19.9 Å². The molecule has 1 atom stereocenters. The number of aliphatic hydroxyl groups excluding tert-OH is 1. The maximum atomic E-state index is 11.1. The average molecular weight is 266 g/mol. The summed E-state index contributed by atoms with van der Waals surface area (Å²) in [4.78, 5) is 22.5. The first-order valence-electron chi connectivity index (χ1n) is 5.89. The first-order chi connectivity index (χ1) is 9.02. The summed E-state index contributed by atoms with van der Waals surface area (Å²) in [7, 11) is 0. The van der Waals surface area contributed by atoms with Gasteiger partial charge in [0.15, 0.2) is 0 Å². The molecule has 0 bridgehead atoms. The summed E-state index contributed by atoms with van der Waals surface area (Å²) in [6.07, 6.45) is -0.107. The molecule has 0 aromatic heterocycles. The fourth-order valence-electron chi connectivity index (χ4n) is 2.46. The van der Waals surface area contributed by atoms with Crippen LogP contribution in [0.25, 0.3) is 0 Å². The van der Waals surface area contributed by atoms with Crippen molar-refractivity contribution in [2.24, 2.45) is 0 Å². The van der Waals surface area contributed by atoms with Gasteiger partial charge in [0, 0.05) is 24.7 Å². The van der Waals surface area contributed by atoms with Crippen LogP contribution in [-0.2, 0) is 12.8 Å². The topological polar surface area (TPSA) is 104 Å². The number of non-ortho nitro benzene ring substituents is 1. The maximum absolute atomic E-state index is 11.1. The minimum absolute atomic E-state index is 0.0171. The Morgan fingerprint density at radius 2 is 2.11 bits per heavy atom. The van der Waals surface area contributed by atoms with Gasteiger partial charge in [0.25, 0.3) is 5.69 Å². The van der Waals surface area contributed by atoms with Gasteiger partial charge < -0.3 is 15.1 Å². The molecular formula is C12H14N2O5.